The van der Waals surface area contributed by atoms with Crippen molar-refractivity contribution in [2.75, 3.05) is 33.0 Å². The van der Waals surface area contributed by atoms with Crippen LogP contribution < -0.4 is 10.1 Å². The number of sulfonamides is 1. The minimum Gasteiger partial charge on any atom is -0.492 e. The number of ether oxygens (including phenoxy) is 1. The van der Waals surface area contributed by atoms with Gasteiger partial charge in [0, 0.05) is 19.8 Å². The summed E-state index contributed by atoms with van der Waals surface area (Å²) in [5.74, 6) is 1.72. The highest BCUT2D eigenvalue weighted by molar-refractivity contribution is 7.99. The number of amides is 1. The number of carbonyl (C=O) groups is 1. The van der Waals surface area contributed by atoms with Crippen LogP contribution in [0.1, 0.15) is 11.1 Å². The van der Waals surface area contributed by atoms with Crippen LogP contribution in [0, 0.1) is 6.92 Å². The molecule has 0 aliphatic heterocycles. The van der Waals surface area contributed by atoms with Crippen LogP contribution in [-0.2, 0) is 20.6 Å². The Morgan fingerprint density at radius 1 is 1.14 bits per heavy atom. The number of carbonyl (C=O) groups excluding carboxylic acids is 1. The molecule has 152 valence electrons. The van der Waals surface area contributed by atoms with Gasteiger partial charge in [0.15, 0.2) is 0 Å². The zero-order valence-corrected chi connectivity index (χ0v) is 18.0. The van der Waals surface area contributed by atoms with Gasteiger partial charge in [0.25, 0.3) is 0 Å². The van der Waals surface area contributed by atoms with Gasteiger partial charge in [-0.2, -0.15) is 0 Å². The van der Waals surface area contributed by atoms with Gasteiger partial charge >= 0.3 is 0 Å². The Hall–Kier alpha value is -2.03. The molecule has 0 spiro atoms. The summed E-state index contributed by atoms with van der Waals surface area (Å²) in [7, 11) is -0.468. The third-order valence-electron chi connectivity index (χ3n) is 3.88. The molecule has 2 rings (SSSR count). The number of rotatable bonds is 10. The second-order valence-corrected chi connectivity index (χ2v) is 9.58. The van der Waals surface area contributed by atoms with E-state index in [1.807, 2.05) is 6.07 Å². The molecular weight excluding hydrogens is 396 g/mol. The van der Waals surface area contributed by atoms with Crippen LogP contribution in [-0.4, -0.2) is 51.6 Å². The van der Waals surface area contributed by atoms with Crippen LogP contribution in [0.25, 0.3) is 0 Å². The first-order chi connectivity index (χ1) is 13.3. The van der Waals surface area contributed by atoms with Gasteiger partial charge < -0.3 is 10.1 Å². The summed E-state index contributed by atoms with van der Waals surface area (Å²) in [5, 5.41) is 2.81. The van der Waals surface area contributed by atoms with Crippen molar-refractivity contribution in [3.63, 3.8) is 0 Å². The zero-order valence-electron chi connectivity index (χ0n) is 16.3. The van der Waals surface area contributed by atoms with Crippen LogP contribution >= 0.6 is 11.8 Å². The average molecular weight is 423 g/mol. The van der Waals surface area contributed by atoms with Crippen molar-refractivity contribution in [1.29, 1.82) is 0 Å². The fraction of sp³-hybridized carbons (Fsp3) is 0.350. The lowest BCUT2D eigenvalue weighted by atomic mass is 10.2. The standard InChI is InChI=1S/C20H26N2O4S2/c1-16-5-4-6-17(13-16)14-27-15-20(23)21-11-12-26-18-7-9-19(10-8-18)28(24,25)22(2)3/h4-10,13H,11-12,14-15H2,1-3H3,(H,21,23). The Morgan fingerprint density at radius 2 is 1.86 bits per heavy atom. The van der Waals surface area contributed by atoms with E-state index in [1.54, 1.807) is 23.9 Å². The molecule has 0 aromatic heterocycles. The average Bonchev–Trinajstić information content (AvgIpc) is 2.65. The molecule has 0 radical (unpaired) electrons. The molecule has 6 nitrogen and oxygen atoms in total. The molecule has 8 heteroatoms. The van der Waals surface area contributed by atoms with E-state index < -0.39 is 10.0 Å². The summed E-state index contributed by atoms with van der Waals surface area (Å²) in [6.45, 7) is 2.76. The van der Waals surface area contributed by atoms with Crippen LogP contribution in [0.3, 0.4) is 0 Å². The van der Waals surface area contributed by atoms with Gasteiger partial charge in [-0.25, -0.2) is 12.7 Å². The first-order valence-electron chi connectivity index (χ1n) is 8.84. The second-order valence-electron chi connectivity index (χ2n) is 6.44. The minimum absolute atomic E-state index is 0.0336. The predicted octanol–water partition coefficient (Wildman–Crippen LogP) is 2.67. The van der Waals surface area contributed by atoms with Gasteiger partial charge in [-0.1, -0.05) is 29.8 Å². The molecule has 0 heterocycles. The molecule has 0 saturated heterocycles. The van der Waals surface area contributed by atoms with Gasteiger partial charge in [0.05, 0.1) is 17.2 Å². The quantitative estimate of drug-likeness (QED) is 0.596. The van der Waals surface area contributed by atoms with Crippen LogP contribution in [0.15, 0.2) is 53.4 Å². The van der Waals surface area contributed by atoms with Gasteiger partial charge in [0.1, 0.15) is 12.4 Å². The molecule has 1 amide bonds. The topological polar surface area (TPSA) is 75.7 Å². The number of nitrogens with one attached hydrogen (secondary N) is 1. The van der Waals surface area contributed by atoms with Gasteiger partial charge in [0.2, 0.25) is 15.9 Å². The predicted molar refractivity (Wildman–Crippen MR) is 113 cm³/mol. The highest BCUT2D eigenvalue weighted by atomic mass is 32.2. The first-order valence-corrected chi connectivity index (χ1v) is 11.4. The molecule has 0 saturated carbocycles. The van der Waals surface area contributed by atoms with Crippen molar-refractivity contribution in [2.45, 2.75) is 17.6 Å². The molecule has 0 bridgehead atoms. The van der Waals surface area contributed by atoms with E-state index in [-0.39, 0.29) is 10.8 Å². The van der Waals surface area contributed by atoms with Crippen molar-refractivity contribution in [3.05, 3.63) is 59.7 Å². The smallest absolute Gasteiger partial charge is 0.242 e. The SMILES string of the molecule is Cc1cccc(CSCC(=O)NCCOc2ccc(S(=O)(=O)N(C)C)cc2)c1. The van der Waals surface area contributed by atoms with Crippen LogP contribution in [0.2, 0.25) is 0 Å². The summed E-state index contributed by atoms with van der Waals surface area (Å²) >= 11 is 1.57. The molecule has 0 atom stereocenters. The lowest BCUT2D eigenvalue weighted by Crippen LogP contribution is -2.29. The van der Waals surface area contributed by atoms with Gasteiger partial charge in [-0.05, 0) is 36.8 Å². The number of hydrogen-bond acceptors (Lipinski definition) is 5. The maximum atomic E-state index is 12.0. The van der Waals surface area contributed by atoms with E-state index in [9.17, 15) is 13.2 Å². The van der Waals surface area contributed by atoms with E-state index in [0.29, 0.717) is 24.7 Å². The minimum atomic E-state index is -3.44. The highest BCUT2D eigenvalue weighted by Gasteiger charge is 2.16. The van der Waals surface area contributed by atoms with Gasteiger partial charge in [-0.3, -0.25) is 4.79 Å². The fourth-order valence-corrected chi connectivity index (χ4v) is 4.10. The molecule has 1 N–H and O–H groups in total. The highest BCUT2D eigenvalue weighted by Crippen LogP contribution is 2.18. The maximum absolute atomic E-state index is 12.0. The van der Waals surface area contributed by atoms with E-state index in [4.69, 9.17) is 4.74 Å². The first kappa shape index (κ1) is 22.3. The summed E-state index contributed by atoms with van der Waals surface area (Å²) in [5.41, 5.74) is 2.42. The normalized spacial score (nSPS) is 11.4. The lowest BCUT2D eigenvalue weighted by molar-refractivity contribution is -0.118. The van der Waals surface area contributed by atoms with E-state index >= 15 is 0 Å². The van der Waals surface area contributed by atoms with Crippen LogP contribution in [0.4, 0.5) is 0 Å². The number of nitrogens with zero attached hydrogens (tertiary/aromatic N) is 1. The van der Waals surface area contributed by atoms with E-state index in [1.165, 1.54) is 37.4 Å². The molecule has 2 aromatic carbocycles. The number of hydrogen-bond donors (Lipinski definition) is 1. The van der Waals surface area contributed by atoms with Crippen molar-refractivity contribution >= 4 is 27.7 Å². The Bertz CT molecular complexity index is 881. The zero-order chi connectivity index (χ0) is 20.6. The Labute approximate surface area is 171 Å². The largest absolute Gasteiger partial charge is 0.492 e. The monoisotopic (exact) mass is 422 g/mol. The number of thioether (sulfide) groups is 1. The third kappa shape index (κ3) is 6.85. The summed E-state index contributed by atoms with van der Waals surface area (Å²) in [6, 6.07) is 14.5. The Balaban J connectivity index is 1.66. The van der Waals surface area contributed by atoms with Crippen molar-refractivity contribution in [1.82, 2.24) is 9.62 Å². The molecular formula is C20H26N2O4S2. The lowest BCUT2D eigenvalue weighted by Gasteiger charge is -2.12. The fourth-order valence-electron chi connectivity index (χ4n) is 2.39. The molecule has 0 aliphatic carbocycles. The van der Waals surface area contributed by atoms with E-state index in [0.717, 1.165) is 10.1 Å². The third-order valence-corrected chi connectivity index (χ3v) is 6.71. The molecule has 28 heavy (non-hydrogen) atoms. The summed E-state index contributed by atoms with van der Waals surface area (Å²) in [6.07, 6.45) is 0. The summed E-state index contributed by atoms with van der Waals surface area (Å²) in [4.78, 5) is 12.1. The Morgan fingerprint density at radius 3 is 2.50 bits per heavy atom. The molecule has 2 aromatic rings. The Kier molecular flexibility index (Phi) is 8.35. The second kappa shape index (κ2) is 10.5. The molecule has 0 fully saturated rings. The van der Waals surface area contributed by atoms with Crippen molar-refractivity contribution in [3.8, 4) is 5.75 Å². The van der Waals surface area contributed by atoms with Crippen LogP contribution in [0.5, 0.6) is 5.75 Å². The number of benzene rings is 2. The summed E-state index contributed by atoms with van der Waals surface area (Å²) < 4.78 is 30.7. The van der Waals surface area contributed by atoms with Crippen molar-refractivity contribution in [2.24, 2.45) is 0 Å². The van der Waals surface area contributed by atoms with Crippen molar-refractivity contribution < 1.29 is 17.9 Å². The maximum Gasteiger partial charge on any atom is 0.242 e. The molecule has 0 aliphatic rings. The number of aryl methyl sites for hydroxylation is 1. The van der Waals surface area contributed by atoms with E-state index in [2.05, 4.69) is 30.4 Å². The van der Waals surface area contributed by atoms with Gasteiger partial charge in [-0.15, -0.1) is 11.8 Å². The molecule has 0 unspecified atom stereocenters.